The van der Waals surface area contributed by atoms with Crippen molar-refractivity contribution in [1.82, 2.24) is 9.97 Å². The average Bonchev–Trinajstić information content (AvgIpc) is 2.94. The lowest BCUT2D eigenvalue weighted by molar-refractivity contribution is 0.0271. The minimum atomic E-state index is -0.244. The molecule has 2 heterocycles. The molecule has 4 nitrogen and oxygen atoms in total. The van der Waals surface area contributed by atoms with Gasteiger partial charge >= 0.3 is 5.97 Å². The second-order valence-corrected chi connectivity index (χ2v) is 5.62. The number of pyridine rings is 1. The molecule has 3 aromatic rings. The monoisotopic (exact) mass is 292 g/mol. The maximum absolute atomic E-state index is 12.2. The van der Waals surface area contributed by atoms with Crippen molar-refractivity contribution in [1.29, 1.82) is 0 Å². The van der Waals surface area contributed by atoms with Crippen molar-refractivity contribution in [3.8, 4) is 0 Å². The van der Waals surface area contributed by atoms with Crippen LogP contribution in [0, 0.1) is 0 Å². The van der Waals surface area contributed by atoms with E-state index in [0.29, 0.717) is 5.56 Å². The minimum Gasteiger partial charge on any atom is -0.458 e. The molecule has 0 spiro atoms. The Morgan fingerprint density at radius 2 is 2.05 bits per heavy atom. The topological polar surface area (TPSA) is 55.0 Å². The van der Waals surface area contributed by atoms with Crippen LogP contribution in [0.5, 0.6) is 0 Å². The van der Waals surface area contributed by atoms with Crippen LogP contribution in [0.4, 0.5) is 0 Å². The van der Waals surface area contributed by atoms with Crippen molar-refractivity contribution in [2.45, 2.75) is 25.4 Å². The van der Waals surface area contributed by atoms with Crippen molar-refractivity contribution in [3.05, 3.63) is 65.5 Å². The molecule has 2 aromatic heterocycles. The molecule has 0 unspecified atom stereocenters. The number of H-pyrrole nitrogens is 1. The fourth-order valence-electron chi connectivity index (χ4n) is 3.11. The zero-order chi connectivity index (χ0) is 14.9. The largest absolute Gasteiger partial charge is 0.458 e. The van der Waals surface area contributed by atoms with Crippen molar-refractivity contribution in [2.75, 3.05) is 0 Å². The number of nitrogens with zero attached hydrogens (tertiary/aromatic N) is 1. The molecule has 1 aliphatic carbocycles. The maximum Gasteiger partial charge on any atom is 0.338 e. The molecule has 0 saturated carbocycles. The van der Waals surface area contributed by atoms with Gasteiger partial charge in [-0.05, 0) is 42.7 Å². The summed E-state index contributed by atoms with van der Waals surface area (Å²) in [6.07, 6.45) is 4.20. The van der Waals surface area contributed by atoms with Gasteiger partial charge in [0, 0.05) is 23.7 Å². The summed E-state index contributed by atoms with van der Waals surface area (Å²) in [7, 11) is 0. The lowest BCUT2D eigenvalue weighted by Gasteiger charge is -2.22. The molecule has 0 radical (unpaired) electrons. The molecule has 0 aliphatic heterocycles. The van der Waals surface area contributed by atoms with Gasteiger partial charge in [-0.15, -0.1) is 0 Å². The number of hydrogen-bond donors (Lipinski definition) is 1. The van der Waals surface area contributed by atoms with Crippen LogP contribution in [0.3, 0.4) is 0 Å². The molecular weight excluding hydrogens is 276 g/mol. The van der Waals surface area contributed by atoms with Crippen LogP contribution in [0.15, 0.2) is 48.7 Å². The van der Waals surface area contributed by atoms with Crippen molar-refractivity contribution in [2.24, 2.45) is 0 Å². The van der Waals surface area contributed by atoms with Gasteiger partial charge in [-0.25, -0.2) is 9.78 Å². The number of aromatic nitrogens is 2. The summed E-state index contributed by atoms with van der Waals surface area (Å²) in [4.78, 5) is 19.9. The van der Waals surface area contributed by atoms with E-state index in [9.17, 15) is 4.79 Å². The van der Waals surface area contributed by atoms with E-state index in [1.54, 1.807) is 18.3 Å². The summed E-state index contributed by atoms with van der Waals surface area (Å²) < 4.78 is 5.68. The Labute approximate surface area is 128 Å². The number of nitrogens with one attached hydrogen (secondary N) is 1. The molecule has 4 heteroatoms. The fraction of sp³-hybridized carbons (Fsp3) is 0.222. The summed E-state index contributed by atoms with van der Waals surface area (Å²) in [5.74, 6) is -0.244. The Kier molecular flexibility index (Phi) is 3.15. The fourth-order valence-corrected chi connectivity index (χ4v) is 3.11. The van der Waals surface area contributed by atoms with Gasteiger partial charge in [-0.1, -0.05) is 18.2 Å². The highest BCUT2D eigenvalue weighted by Crippen LogP contribution is 2.29. The van der Waals surface area contributed by atoms with Crippen molar-refractivity contribution < 1.29 is 9.53 Å². The van der Waals surface area contributed by atoms with Crippen LogP contribution in [-0.4, -0.2) is 22.0 Å². The molecule has 4 rings (SSSR count). The van der Waals surface area contributed by atoms with Crippen LogP contribution in [0.2, 0.25) is 0 Å². The van der Waals surface area contributed by atoms with E-state index in [1.165, 1.54) is 11.3 Å². The number of aryl methyl sites for hydroxylation is 1. The van der Waals surface area contributed by atoms with E-state index < -0.39 is 0 Å². The highest BCUT2D eigenvalue weighted by Gasteiger charge is 2.25. The van der Waals surface area contributed by atoms with Gasteiger partial charge in [0.25, 0.3) is 0 Å². The molecule has 110 valence electrons. The zero-order valence-corrected chi connectivity index (χ0v) is 12.1. The lowest BCUT2D eigenvalue weighted by atomic mass is 9.93. The summed E-state index contributed by atoms with van der Waals surface area (Å²) in [6.45, 7) is 0. The number of aromatic amines is 1. The Morgan fingerprint density at radius 3 is 2.91 bits per heavy atom. The smallest absolute Gasteiger partial charge is 0.338 e. The van der Waals surface area contributed by atoms with Crippen LogP contribution >= 0.6 is 0 Å². The number of benzene rings is 1. The summed E-state index contributed by atoms with van der Waals surface area (Å²) >= 11 is 0. The number of esters is 1. The Bertz CT molecular complexity index is 823. The first-order valence-electron chi connectivity index (χ1n) is 7.52. The molecule has 0 amide bonds. The first-order chi connectivity index (χ1) is 10.8. The average molecular weight is 292 g/mol. The molecule has 0 bridgehead atoms. The number of carbonyl (C=O) groups excluding carboxylic acids is 1. The molecule has 0 fully saturated rings. The van der Waals surface area contributed by atoms with Crippen LogP contribution < -0.4 is 0 Å². The first kappa shape index (κ1) is 13.1. The number of ether oxygens (including phenoxy) is 1. The molecular formula is C18H16N2O2. The summed E-state index contributed by atoms with van der Waals surface area (Å²) in [5.41, 5.74) is 3.98. The molecule has 22 heavy (non-hydrogen) atoms. The quantitative estimate of drug-likeness (QED) is 0.737. The Morgan fingerprint density at radius 1 is 1.18 bits per heavy atom. The van der Waals surface area contributed by atoms with E-state index in [2.05, 4.69) is 16.0 Å². The Balaban J connectivity index is 1.56. The molecule has 1 N–H and O–H groups in total. The Hall–Kier alpha value is -2.62. The van der Waals surface area contributed by atoms with Crippen LogP contribution in [-0.2, 0) is 17.6 Å². The standard InChI is InChI=1S/C18H16N2O2/c21-18(12-5-2-1-3-6-12)22-13-8-9-16-15(11-13)14-7-4-10-19-17(14)20-16/h1-7,10,13H,8-9,11H2,(H,19,20)/t13-/m0/s1. The van der Waals surface area contributed by atoms with E-state index >= 15 is 0 Å². The van der Waals surface area contributed by atoms with Gasteiger partial charge in [0.2, 0.25) is 0 Å². The highest BCUT2D eigenvalue weighted by molar-refractivity contribution is 5.89. The molecule has 1 aliphatic rings. The maximum atomic E-state index is 12.2. The van der Waals surface area contributed by atoms with Gasteiger partial charge in [-0.2, -0.15) is 0 Å². The number of hydrogen-bond acceptors (Lipinski definition) is 3. The van der Waals surface area contributed by atoms with Gasteiger partial charge in [0.1, 0.15) is 11.8 Å². The second kappa shape index (κ2) is 5.30. The number of carbonyl (C=O) groups is 1. The van der Waals surface area contributed by atoms with E-state index in [0.717, 1.165) is 30.3 Å². The van der Waals surface area contributed by atoms with Crippen molar-refractivity contribution in [3.63, 3.8) is 0 Å². The molecule has 1 atom stereocenters. The number of rotatable bonds is 2. The third-order valence-electron chi connectivity index (χ3n) is 4.20. The van der Waals surface area contributed by atoms with Gasteiger partial charge in [0.15, 0.2) is 0 Å². The molecule has 0 saturated heterocycles. The summed E-state index contributed by atoms with van der Waals surface area (Å²) in [6, 6.07) is 13.2. The minimum absolute atomic E-state index is 0.0700. The SMILES string of the molecule is O=C(O[C@H]1CCc2[nH]c3ncccc3c2C1)c1ccccc1. The van der Waals surface area contributed by atoms with Crippen LogP contribution in [0.1, 0.15) is 28.0 Å². The third kappa shape index (κ3) is 2.26. The second-order valence-electron chi connectivity index (χ2n) is 5.62. The predicted octanol–water partition coefficient (Wildman–Crippen LogP) is 3.28. The van der Waals surface area contributed by atoms with Gasteiger partial charge < -0.3 is 9.72 Å². The first-order valence-corrected chi connectivity index (χ1v) is 7.52. The highest BCUT2D eigenvalue weighted by atomic mass is 16.5. The van der Waals surface area contributed by atoms with Gasteiger partial charge in [-0.3, -0.25) is 0 Å². The zero-order valence-electron chi connectivity index (χ0n) is 12.1. The van der Waals surface area contributed by atoms with E-state index in [4.69, 9.17) is 4.74 Å². The van der Waals surface area contributed by atoms with Crippen molar-refractivity contribution >= 4 is 17.0 Å². The van der Waals surface area contributed by atoms with Gasteiger partial charge in [0.05, 0.1) is 5.56 Å². The van der Waals surface area contributed by atoms with E-state index in [1.807, 2.05) is 24.3 Å². The number of fused-ring (bicyclic) bond motifs is 3. The molecule has 1 aromatic carbocycles. The predicted molar refractivity (Wildman–Crippen MR) is 83.8 cm³/mol. The lowest BCUT2D eigenvalue weighted by Crippen LogP contribution is -2.25. The summed E-state index contributed by atoms with van der Waals surface area (Å²) in [5, 5.41) is 1.14. The van der Waals surface area contributed by atoms with Crippen LogP contribution in [0.25, 0.3) is 11.0 Å². The normalized spacial score (nSPS) is 17.2. The third-order valence-corrected chi connectivity index (χ3v) is 4.20. The van der Waals surface area contributed by atoms with E-state index in [-0.39, 0.29) is 12.1 Å².